The highest BCUT2D eigenvalue weighted by molar-refractivity contribution is 7.89. The number of nitrogens with zero attached hydrogens (tertiary/aromatic N) is 2. The maximum atomic E-state index is 13.6. The number of benzene rings is 2. The molecule has 4 rings (SSSR count). The van der Waals surface area contributed by atoms with Gasteiger partial charge in [-0.15, -0.1) is 0 Å². The van der Waals surface area contributed by atoms with E-state index in [0.717, 1.165) is 10.9 Å². The van der Waals surface area contributed by atoms with Gasteiger partial charge in [0.25, 0.3) is 0 Å². The van der Waals surface area contributed by atoms with Crippen LogP contribution in [-0.4, -0.2) is 47.0 Å². The zero-order valence-electron chi connectivity index (χ0n) is 18.0. The monoisotopic (exact) mass is 466 g/mol. The molecule has 1 aromatic heterocycles. The van der Waals surface area contributed by atoms with Gasteiger partial charge in [-0.3, -0.25) is 9.78 Å². The van der Waals surface area contributed by atoms with Crippen LogP contribution < -0.4 is 0 Å². The van der Waals surface area contributed by atoms with E-state index < -0.39 is 16.0 Å². The van der Waals surface area contributed by atoms with Crippen molar-refractivity contribution in [3.63, 3.8) is 0 Å². The third-order valence-electron chi connectivity index (χ3n) is 6.09. The van der Waals surface area contributed by atoms with Crippen molar-refractivity contribution in [1.82, 2.24) is 9.29 Å². The van der Waals surface area contributed by atoms with E-state index in [1.54, 1.807) is 36.5 Å². The Hall–Kier alpha value is -3.23. The van der Waals surface area contributed by atoms with Crippen molar-refractivity contribution in [1.29, 1.82) is 0 Å². The van der Waals surface area contributed by atoms with Crippen molar-refractivity contribution in [3.8, 4) is 5.75 Å². The number of carbonyl (C=O) groups is 1. The summed E-state index contributed by atoms with van der Waals surface area (Å²) in [6, 6.07) is 15.8. The number of phenols is 1. The molecule has 7 nitrogen and oxygen atoms in total. The summed E-state index contributed by atoms with van der Waals surface area (Å²) in [7, 11) is -3.81. The predicted octanol–water partition coefficient (Wildman–Crippen LogP) is 4.16. The van der Waals surface area contributed by atoms with Crippen LogP contribution in [-0.2, 0) is 14.8 Å². The first-order chi connectivity index (χ1) is 15.9. The second-order valence-corrected chi connectivity index (χ2v) is 10.1. The fourth-order valence-electron chi connectivity index (χ4n) is 4.44. The Morgan fingerprint density at radius 2 is 1.85 bits per heavy atom. The summed E-state index contributed by atoms with van der Waals surface area (Å²) in [6.07, 6.45) is 6.38. The number of hydrogen-bond donors (Lipinski definition) is 2. The van der Waals surface area contributed by atoms with Gasteiger partial charge in [0.1, 0.15) is 10.6 Å². The number of fused-ring (bicyclic) bond motifs is 1. The first-order valence-corrected chi connectivity index (χ1v) is 12.3. The van der Waals surface area contributed by atoms with E-state index in [0.29, 0.717) is 24.9 Å². The summed E-state index contributed by atoms with van der Waals surface area (Å²) in [6.45, 7) is 0.546. The number of allylic oxidation sites excluding steroid dienone is 2. The number of carboxylic acid groups (broad SMARTS) is 1. The highest BCUT2D eigenvalue weighted by Gasteiger charge is 2.40. The molecule has 3 aromatic rings. The SMILES string of the molecule is O=C(O)CC/C=C\C[C@H]1CN(S(=O)(=O)c2cccc3cccnc23)C[C@H]1c1ccccc1O. The second kappa shape index (κ2) is 9.72. The van der Waals surface area contributed by atoms with Crippen molar-refractivity contribution in [3.05, 3.63) is 78.5 Å². The molecule has 0 spiro atoms. The fourth-order valence-corrected chi connectivity index (χ4v) is 6.13. The normalized spacial score (nSPS) is 19.4. The van der Waals surface area contributed by atoms with Crippen LogP contribution in [0.2, 0.25) is 0 Å². The van der Waals surface area contributed by atoms with E-state index in [9.17, 15) is 18.3 Å². The summed E-state index contributed by atoms with van der Waals surface area (Å²) in [5.74, 6) is -0.952. The number of para-hydroxylation sites is 2. The number of hydrogen-bond acceptors (Lipinski definition) is 5. The minimum absolute atomic E-state index is 0.0542. The van der Waals surface area contributed by atoms with E-state index in [-0.39, 0.29) is 35.4 Å². The Bertz CT molecular complexity index is 1280. The Labute approximate surface area is 193 Å². The van der Waals surface area contributed by atoms with E-state index in [1.165, 1.54) is 4.31 Å². The molecule has 1 aliphatic heterocycles. The number of rotatable bonds is 8. The number of phenolic OH excluding ortho intramolecular Hbond substituents is 1. The first-order valence-electron chi connectivity index (χ1n) is 10.9. The van der Waals surface area contributed by atoms with Crippen LogP contribution in [0.25, 0.3) is 10.9 Å². The molecule has 1 aliphatic rings. The van der Waals surface area contributed by atoms with Crippen LogP contribution >= 0.6 is 0 Å². The highest BCUT2D eigenvalue weighted by atomic mass is 32.2. The highest BCUT2D eigenvalue weighted by Crippen LogP contribution is 2.41. The van der Waals surface area contributed by atoms with Crippen LogP contribution in [0.5, 0.6) is 5.75 Å². The van der Waals surface area contributed by atoms with Crippen LogP contribution in [0.1, 0.15) is 30.7 Å². The van der Waals surface area contributed by atoms with Crippen molar-refractivity contribution >= 4 is 26.9 Å². The van der Waals surface area contributed by atoms with E-state index >= 15 is 0 Å². The lowest BCUT2D eigenvalue weighted by Gasteiger charge is -2.18. The topological polar surface area (TPSA) is 108 Å². The molecule has 0 aliphatic carbocycles. The molecule has 8 heteroatoms. The molecule has 2 N–H and O–H groups in total. The lowest BCUT2D eigenvalue weighted by molar-refractivity contribution is -0.136. The van der Waals surface area contributed by atoms with Crippen molar-refractivity contribution in [2.24, 2.45) is 5.92 Å². The van der Waals surface area contributed by atoms with Crippen molar-refractivity contribution in [2.45, 2.75) is 30.1 Å². The predicted molar refractivity (Wildman–Crippen MR) is 125 cm³/mol. The fraction of sp³-hybridized carbons (Fsp3) is 0.280. The molecule has 2 heterocycles. The zero-order valence-corrected chi connectivity index (χ0v) is 18.9. The van der Waals surface area contributed by atoms with Gasteiger partial charge in [0.15, 0.2) is 0 Å². The molecule has 0 saturated carbocycles. The summed E-state index contributed by atoms with van der Waals surface area (Å²) < 4.78 is 28.8. The standard InChI is InChI=1S/C25H26N2O5S/c28-22-12-5-4-11-20(22)21-17-27(16-19(21)8-2-1-3-14-24(29)30)33(31,32)23-13-6-9-18-10-7-15-26-25(18)23/h1-2,4-7,9-13,15,19,21,28H,3,8,14,16-17H2,(H,29,30)/b2-1-/t19-,21+/m0/s1. The number of sulfonamides is 1. The summed E-state index contributed by atoms with van der Waals surface area (Å²) in [4.78, 5) is 15.2. The summed E-state index contributed by atoms with van der Waals surface area (Å²) in [5.41, 5.74) is 1.16. The molecule has 1 fully saturated rings. The van der Waals surface area contributed by atoms with Crippen molar-refractivity contribution < 1.29 is 23.4 Å². The molecule has 1 saturated heterocycles. The average molecular weight is 467 g/mol. The Morgan fingerprint density at radius 3 is 2.64 bits per heavy atom. The Balaban J connectivity index is 1.64. The minimum Gasteiger partial charge on any atom is -0.508 e. The zero-order chi connectivity index (χ0) is 23.4. The van der Waals surface area contributed by atoms with E-state index in [4.69, 9.17) is 5.11 Å². The second-order valence-electron chi connectivity index (χ2n) is 8.22. The molecule has 0 unspecified atom stereocenters. The molecule has 0 radical (unpaired) electrons. The van der Waals surface area contributed by atoms with Gasteiger partial charge in [-0.05, 0) is 42.5 Å². The first kappa shape index (κ1) is 22.9. The molecular formula is C25H26N2O5S. The molecule has 172 valence electrons. The number of aromatic nitrogens is 1. The summed E-state index contributed by atoms with van der Waals surface area (Å²) in [5, 5.41) is 20.0. The van der Waals surface area contributed by atoms with E-state index in [2.05, 4.69) is 4.98 Å². The molecular weight excluding hydrogens is 440 g/mol. The molecule has 2 atom stereocenters. The van der Waals surface area contributed by atoms with Crippen molar-refractivity contribution in [2.75, 3.05) is 13.1 Å². The Kier molecular flexibility index (Phi) is 6.76. The van der Waals surface area contributed by atoms with Gasteiger partial charge in [0.05, 0.1) is 5.52 Å². The Morgan fingerprint density at radius 1 is 1.06 bits per heavy atom. The van der Waals surface area contributed by atoms with Gasteiger partial charge >= 0.3 is 5.97 Å². The van der Waals surface area contributed by atoms with Gasteiger partial charge in [0.2, 0.25) is 10.0 Å². The smallest absolute Gasteiger partial charge is 0.303 e. The maximum absolute atomic E-state index is 13.6. The largest absolute Gasteiger partial charge is 0.508 e. The molecule has 0 bridgehead atoms. The number of aromatic hydroxyl groups is 1. The average Bonchev–Trinajstić information content (AvgIpc) is 3.23. The van der Waals surface area contributed by atoms with Crippen LogP contribution in [0.4, 0.5) is 0 Å². The van der Waals surface area contributed by atoms with E-state index in [1.807, 2.05) is 36.4 Å². The lowest BCUT2D eigenvalue weighted by atomic mass is 9.86. The van der Waals surface area contributed by atoms with Gasteiger partial charge in [0, 0.05) is 37.0 Å². The van der Waals surface area contributed by atoms with Gasteiger partial charge in [-0.1, -0.05) is 48.6 Å². The number of aliphatic carboxylic acids is 1. The molecule has 0 amide bonds. The quantitative estimate of drug-likeness (QED) is 0.483. The van der Waals surface area contributed by atoms with Gasteiger partial charge in [-0.25, -0.2) is 8.42 Å². The molecule has 33 heavy (non-hydrogen) atoms. The third kappa shape index (κ3) is 4.91. The number of carboxylic acids is 1. The summed E-state index contributed by atoms with van der Waals surface area (Å²) >= 11 is 0. The third-order valence-corrected chi connectivity index (χ3v) is 7.95. The van der Waals surface area contributed by atoms with Crippen LogP contribution in [0.15, 0.2) is 77.8 Å². The lowest BCUT2D eigenvalue weighted by Crippen LogP contribution is -2.29. The van der Waals surface area contributed by atoms with Gasteiger partial charge < -0.3 is 10.2 Å². The van der Waals surface area contributed by atoms with Gasteiger partial charge in [-0.2, -0.15) is 4.31 Å². The number of pyridine rings is 1. The maximum Gasteiger partial charge on any atom is 0.303 e. The van der Waals surface area contributed by atoms with Crippen LogP contribution in [0, 0.1) is 5.92 Å². The molecule has 2 aromatic carbocycles. The van der Waals surface area contributed by atoms with Crippen LogP contribution in [0.3, 0.4) is 0 Å². The minimum atomic E-state index is -3.81.